The highest BCUT2D eigenvalue weighted by Crippen LogP contribution is 2.27. The van der Waals surface area contributed by atoms with Gasteiger partial charge in [0, 0.05) is 6.42 Å². The number of nitrogens with one attached hydrogen (secondary N) is 1. The number of ether oxygens (including phenoxy) is 1. The SMILES string of the molecule is CC(C)C(S)C(=O)NCC1Cc2ccccc2O1. The molecule has 18 heavy (non-hydrogen) atoms. The Labute approximate surface area is 113 Å². The van der Waals surface area contributed by atoms with Crippen LogP contribution in [-0.4, -0.2) is 23.8 Å². The van der Waals surface area contributed by atoms with Crippen LogP contribution in [0.1, 0.15) is 19.4 Å². The summed E-state index contributed by atoms with van der Waals surface area (Å²) in [5.41, 5.74) is 1.21. The van der Waals surface area contributed by atoms with Gasteiger partial charge in [-0.2, -0.15) is 12.6 Å². The molecule has 1 aliphatic rings. The maximum Gasteiger partial charge on any atom is 0.233 e. The molecule has 0 spiro atoms. The molecule has 1 N–H and O–H groups in total. The monoisotopic (exact) mass is 265 g/mol. The van der Waals surface area contributed by atoms with Crippen LogP contribution in [0.25, 0.3) is 0 Å². The zero-order valence-corrected chi connectivity index (χ0v) is 11.6. The van der Waals surface area contributed by atoms with Crippen LogP contribution in [0.2, 0.25) is 0 Å². The van der Waals surface area contributed by atoms with E-state index >= 15 is 0 Å². The van der Waals surface area contributed by atoms with E-state index in [0.717, 1.165) is 12.2 Å². The summed E-state index contributed by atoms with van der Waals surface area (Å²) in [5, 5.41) is 2.64. The van der Waals surface area contributed by atoms with Crippen LogP contribution in [0.5, 0.6) is 5.75 Å². The van der Waals surface area contributed by atoms with Crippen LogP contribution in [0, 0.1) is 5.92 Å². The number of para-hydroxylation sites is 1. The Kier molecular flexibility index (Phi) is 4.17. The number of thiol groups is 1. The normalized spacial score (nSPS) is 19.2. The summed E-state index contributed by atoms with van der Waals surface area (Å²) >= 11 is 4.29. The molecule has 2 unspecified atom stereocenters. The molecule has 2 atom stereocenters. The summed E-state index contributed by atoms with van der Waals surface area (Å²) in [4.78, 5) is 11.8. The van der Waals surface area contributed by atoms with E-state index in [4.69, 9.17) is 4.74 Å². The molecule has 1 heterocycles. The van der Waals surface area contributed by atoms with Crippen molar-refractivity contribution in [2.75, 3.05) is 6.54 Å². The molecule has 1 aliphatic heterocycles. The van der Waals surface area contributed by atoms with Crippen molar-refractivity contribution in [2.45, 2.75) is 31.6 Å². The molecule has 2 rings (SSSR count). The number of carbonyl (C=O) groups excluding carboxylic acids is 1. The van der Waals surface area contributed by atoms with Crippen LogP contribution in [-0.2, 0) is 11.2 Å². The largest absolute Gasteiger partial charge is 0.488 e. The third-order valence-electron chi connectivity index (χ3n) is 3.12. The number of carbonyl (C=O) groups is 1. The van der Waals surface area contributed by atoms with Gasteiger partial charge in [-0.25, -0.2) is 0 Å². The predicted octanol–water partition coefficient (Wildman–Crippen LogP) is 2.06. The summed E-state index contributed by atoms with van der Waals surface area (Å²) in [5.74, 6) is 1.14. The number of benzene rings is 1. The van der Waals surface area contributed by atoms with Crippen molar-refractivity contribution in [2.24, 2.45) is 5.92 Å². The lowest BCUT2D eigenvalue weighted by Crippen LogP contribution is -2.40. The van der Waals surface area contributed by atoms with Crippen molar-refractivity contribution in [1.82, 2.24) is 5.32 Å². The van der Waals surface area contributed by atoms with E-state index in [-0.39, 0.29) is 23.2 Å². The summed E-state index contributed by atoms with van der Waals surface area (Å²) < 4.78 is 5.76. The predicted molar refractivity (Wildman–Crippen MR) is 75.2 cm³/mol. The standard InChI is InChI=1S/C14H19NO2S/c1-9(2)13(18)14(16)15-8-11-7-10-5-3-4-6-12(10)17-11/h3-6,9,11,13,18H,7-8H2,1-2H3,(H,15,16). The zero-order valence-electron chi connectivity index (χ0n) is 10.7. The third kappa shape index (κ3) is 2.99. The molecule has 0 saturated carbocycles. The third-order valence-corrected chi connectivity index (χ3v) is 3.95. The first kappa shape index (κ1) is 13.3. The fraction of sp³-hybridized carbons (Fsp3) is 0.500. The second kappa shape index (κ2) is 5.65. The van der Waals surface area contributed by atoms with Gasteiger partial charge in [0.1, 0.15) is 11.9 Å². The average Bonchev–Trinajstić information content (AvgIpc) is 2.77. The highest BCUT2D eigenvalue weighted by atomic mass is 32.1. The van der Waals surface area contributed by atoms with E-state index in [2.05, 4.69) is 24.0 Å². The van der Waals surface area contributed by atoms with Crippen molar-refractivity contribution in [1.29, 1.82) is 0 Å². The fourth-order valence-electron chi connectivity index (χ4n) is 1.99. The number of hydrogen-bond donors (Lipinski definition) is 2. The summed E-state index contributed by atoms with van der Waals surface area (Å²) in [6.07, 6.45) is 0.897. The van der Waals surface area contributed by atoms with Gasteiger partial charge in [0.25, 0.3) is 0 Å². The van der Waals surface area contributed by atoms with Gasteiger partial charge in [-0.1, -0.05) is 32.0 Å². The lowest BCUT2D eigenvalue weighted by atomic mass is 10.1. The van der Waals surface area contributed by atoms with E-state index in [1.165, 1.54) is 5.56 Å². The first-order valence-electron chi connectivity index (χ1n) is 6.28. The molecule has 0 aliphatic carbocycles. The van der Waals surface area contributed by atoms with Gasteiger partial charge in [-0.15, -0.1) is 0 Å². The van der Waals surface area contributed by atoms with Gasteiger partial charge in [-0.3, -0.25) is 4.79 Å². The topological polar surface area (TPSA) is 38.3 Å². The smallest absolute Gasteiger partial charge is 0.233 e. The summed E-state index contributed by atoms with van der Waals surface area (Å²) in [6.45, 7) is 4.51. The number of amides is 1. The quantitative estimate of drug-likeness (QED) is 0.818. The number of hydrogen-bond acceptors (Lipinski definition) is 3. The lowest BCUT2D eigenvalue weighted by molar-refractivity contribution is -0.121. The Hall–Kier alpha value is -1.16. The van der Waals surface area contributed by atoms with Gasteiger partial charge in [-0.05, 0) is 17.5 Å². The van der Waals surface area contributed by atoms with Crippen molar-refractivity contribution in [3.05, 3.63) is 29.8 Å². The van der Waals surface area contributed by atoms with Gasteiger partial charge < -0.3 is 10.1 Å². The highest BCUT2D eigenvalue weighted by molar-refractivity contribution is 7.81. The molecule has 1 aromatic rings. The maximum atomic E-state index is 11.8. The molecule has 1 aromatic carbocycles. The van der Waals surface area contributed by atoms with E-state index in [1.807, 2.05) is 32.0 Å². The second-order valence-corrected chi connectivity index (χ2v) is 5.54. The Balaban J connectivity index is 1.82. The van der Waals surface area contributed by atoms with Crippen molar-refractivity contribution in [3.8, 4) is 5.75 Å². The molecule has 0 aromatic heterocycles. The molecule has 0 fully saturated rings. The van der Waals surface area contributed by atoms with Gasteiger partial charge >= 0.3 is 0 Å². The molecular formula is C14H19NO2S. The molecule has 0 radical (unpaired) electrons. The zero-order chi connectivity index (χ0) is 13.1. The van der Waals surface area contributed by atoms with Crippen LogP contribution in [0.4, 0.5) is 0 Å². The fourth-order valence-corrected chi connectivity index (χ4v) is 2.08. The van der Waals surface area contributed by atoms with Crippen molar-refractivity contribution < 1.29 is 9.53 Å². The molecule has 0 bridgehead atoms. The van der Waals surface area contributed by atoms with E-state index in [1.54, 1.807) is 0 Å². The van der Waals surface area contributed by atoms with E-state index < -0.39 is 0 Å². The average molecular weight is 265 g/mol. The van der Waals surface area contributed by atoms with Crippen LogP contribution >= 0.6 is 12.6 Å². The Morgan fingerprint density at radius 3 is 2.89 bits per heavy atom. The minimum atomic E-state index is -0.256. The van der Waals surface area contributed by atoms with E-state index in [9.17, 15) is 4.79 Å². The molecule has 1 amide bonds. The van der Waals surface area contributed by atoms with Gasteiger partial charge in [0.05, 0.1) is 11.8 Å². The van der Waals surface area contributed by atoms with E-state index in [0.29, 0.717) is 6.54 Å². The summed E-state index contributed by atoms with van der Waals surface area (Å²) in [6, 6.07) is 7.99. The highest BCUT2D eigenvalue weighted by Gasteiger charge is 2.24. The van der Waals surface area contributed by atoms with Crippen LogP contribution in [0.3, 0.4) is 0 Å². The Morgan fingerprint density at radius 1 is 1.50 bits per heavy atom. The Morgan fingerprint density at radius 2 is 2.22 bits per heavy atom. The van der Waals surface area contributed by atoms with Crippen molar-refractivity contribution in [3.63, 3.8) is 0 Å². The van der Waals surface area contributed by atoms with Crippen LogP contribution in [0.15, 0.2) is 24.3 Å². The van der Waals surface area contributed by atoms with Gasteiger partial charge in [0.15, 0.2) is 0 Å². The first-order valence-corrected chi connectivity index (χ1v) is 6.80. The molecule has 3 nitrogen and oxygen atoms in total. The first-order chi connectivity index (χ1) is 8.58. The number of rotatable bonds is 4. The molecule has 4 heteroatoms. The molecular weight excluding hydrogens is 246 g/mol. The number of fused-ring (bicyclic) bond motifs is 1. The Bertz CT molecular complexity index is 409. The second-order valence-electron chi connectivity index (χ2n) is 4.99. The minimum absolute atomic E-state index is 0.0205. The maximum absolute atomic E-state index is 11.8. The molecule has 98 valence electrons. The molecule has 0 saturated heterocycles. The lowest BCUT2D eigenvalue weighted by Gasteiger charge is -2.17. The van der Waals surface area contributed by atoms with Gasteiger partial charge in [0.2, 0.25) is 5.91 Å². The minimum Gasteiger partial charge on any atom is -0.488 e. The van der Waals surface area contributed by atoms with Crippen molar-refractivity contribution >= 4 is 18.5 Å². The van der Waals surface area contributed by atoms with Crippen LogP contribution < -0.4 is 10.1 Å². The summed E-state index contributed by atoms with van der Waals surface area (Å²) in [7, 11) is 0.